The van der Waals surface area contributed by atoms with Crippen molar-refractivity contribution in [3.63, 3.8) is 0 Å². The van der Waals surface area contributed by atoms with E-state index >= 15 is 0 Å². The summed E-state index contributed by atoms with van der Waals surface area (Å²) >= 11 is 0. The van der Waals surface area contributed by atoms with Gasteiger partial charge < -0.3 is 10.3 Å². The van der Waals surface area contributed by atoms with E-state index in [2.05, 4.69) is 56.8 Å². The van der Waals surface area contributed by atoms with Crippen LogP contribution in [0, 0.1) is 5.92 Å². The first-order chi connectivity index (χ1) is 8.88. The molecule has 1 atom stereocenters. The number of hydrogen-bond donors (Lipinski definition) is 1. The van der Waals surface area contributed by atoms with Crippen LogP contribution < -0.4 is 5.73 Å². The average molecular weight is 256 g/mol. The first kappa shape index (κ1) is 12.7. The van der Waals surface area contributed by atoms with Crippen molar-refractivity contribution in [1.82, 2.24) is 4.57 Å². The number of aryl methyl sites for hydroxylation is 1. The van der Waals surface area contributed by atoms with Crippen molar-refractivity contribution in [1.29, 1.82) is 0 Å². The third kappa shape index (κ3) is 2.18. The molecule has 1 unspecified atom stereocenters. The first-order valence-electron chi connectivity index (χ1n) is 7.23. The molecule has 1 fully saturated rings. The maximum atomic E-state index is 6.43. The fraction of sp³-hybridized carbons (Fsp3) is 0.529. The molecule has 1 saturated carbocycles. The Morgan fingerprint density at radius 2 is 1.95 bits per heavy atom. The molecule has 1 aliphatic rings. The lowest BCUT2D eigenvalue weighted by atomic mass is 9.86. The van der Waals surface area contributed by atoms with Crippen molar-refractivity contribution in [2.45, 2.75) is 45.1 Å². The minimum atomic E-state index is 0.185. The maximum Gasteiger partial charge on any atom is 0.0481 e. The summed E-state index contributed by atoms with van der Waals surface area (Å²) in [4.78, 5) is 0. The quantitative estimate of drug-likeness (QED) is 0.868. The Labute approximate surface area is 115 Å². The normalized spacial score (nSPS) is 17.9. The van der Waals surface area contributed by atoms with Gasteiger partial charge >= 0.3 is 0 Å². The van der Waals surface area contributed by atoms with Crippen molar-refractivity contribution in [2.24, 2.45) is 18.7 Å². The van der Waals surface area contributed by atoms with Crippen LogP contribution in [0.4, 0.5) is 0 Å². The van der Waals surface area contributed by atoms with Crippen molar-refractivity contribution in [3.05, 3.63) is 35.5 Å². The van der Waals surface area contributed by atoms with Crippen LogP contribution in [0.5, 0.6) is 0 Å². The number of rotatable bonds is 2. The second kappa shape index (κ2) is 4.11. The molecule has 2 aromatic rings. The van der Waals surface area contributed by atoms with Crippen LogP contribution in [0.3, 0.4) is 0 Å². The maximum absolute atomic E-state index is 6.43. The van der Waals surface area contributed by atoms with E-state index in [-0.39, 0.29) is 11.5 Å². The van der Waals surface area contributed by atoms with E-state index in [9.17, 15) is 0 Å². The van der Waals surface area contributed by atoms with E-state index < -0.39 is 0 Å². The lowest BCUT2D eigenvalue weighted by Gasteiger charge is -2.19. The zero-order valence-corrected chi connectivity index (χ0v) is 12.4. The third-order valence-electron chi connectivity index (χ3n) is 4.38. The van der Waals surface area contributed by atoms with Crippen LogP contribution in [0.15, 0.2) is 24.4 Å². The van der Waals surface area contributed by atoms with Gasteiger partial charge in [0, 0.05) is 30.2 Å². The summed E-state index contributed by atoms with van der Waals surface area (Å²) in [5.41, 5.74) is 10.6. The van der Waals surface area contributed by atoms with Crippen LogP contribution >= 0.6 is 0 Å². The molecule has 102 valence electrons. The van der Waals surface area contributed by atoms with Gasteiger partial charge in [0.15, 0.2) is 0 Å². The number of aromatic nitrogens is 1. The molecule has 1 aromatic heterocycles. The SMILES string of the molecule is Cn1cc(C(N)C2CC2)c2cc(C(C)(C)C)ccc21. The molecular weight excluding hydrogens is 232 g/mol. The molecule has 19 heavy (non-hydrogen) atoms. The number of nitrogens with two attached hydrogens (primary N) is 1. The van der Waals surface area contributed by atoms with E-state index in [1.807, 2.05) is 0 Å². The summed E-state index contributed by atoms with van der Waals surface area (Å²) in [5.74, 6) is 0.698. The topological polar surface area (TPSA) is 30.9 Å². The Kier molecular flexibility index (Phi) is 2.75. The van der Waals surface area contributed by atoms with E-state index in [0.29, 0.717) is 5.92 Å². The lowest BCUT2D eigenvalue weighted by molar-refractivity contribution is 0.590. The van der Waals surface area contributed by atoms with Gasteiger partial charge in [-0.25, -0.2) is 0 Å². The molecule has 0 radical (unpaired) electrons. The predicted molar refractivity (Wildman–Crippen MR) is 81.3 cm³/mol. The monoisotopic (exact) mass is 256 g/mol. The van der Waals surface area contributed by atoms with Crippen LogP contribution in [0.1, 0.15) is 50.8 Å². The van der Waals surface area contributed by atoms with Crippen LogP contribution in [0.2, 0.25) is 0 Å². The number of nitrogens with zero attached hydrogens (tertiary/aromatic N) is 1. The van der Waals surface area contributed by atoms with E-state index in [0.717, 1.165) is 0 Å². The summed E-state index contributed by atoms with van der Waals surface area (Å²) in [5, 5.41) is 1.34. The molecule has 0 bridgehead atoms. The molecular formula is C17H24N2. The summed E-state index contributed by atoms with van der Waals surface area (Å²) < 4.78 is 2.21. The first-order valence-corrected chi connectivity index (χ1v) is 7.23. The smallest absolute Gasteiger partial charge is 0.0481 e. The molecule has 0 saturated heterocycles. The molecule has 1 aromatic carbocycles. The van der Waals surface area contributed by atoms with Gasteiger partial charge in [-0.1, -0.05) is 26.8 Å². The number of fused-ring (bicyclic) bond motifs is 1. The Morgan fingerprint density at radius 1 is 1.26 bits per heavy atom. The van der Waals surface area contributed by atoms with Gasteiger partial charge in [0.1, 0.15) is 0 Å². The highest BCUT2D eigenvalue weighted by molar-refractivity contribution is 5.85. The van der Waals surface area contributed by atoms with Crippen LogP contribution in [-0.2, 0) is 12.5 Å². The van der Waals surface area contributed by atoms with E-state index in [1.54, 1.807) is 0 Å². The van der Waals surface area contributed by atoms with E-state index in [4.69, 9.17) is 5.73 Å². The van der Waals surface area contributed by atoms with E-state index in [1.165, 1.54) is 34.9 Å². The highest BCUT2D eigenvalue weighted by Crippen LogP contribution is 2.42. The van der Waals surface area contributed by atoms with Gasteiger partial charge in [-0.05, 0) is 47.4 Å². The fourth-order valence-corrected chi connectivity index (χ4v) is 2.86. The zero-order chi connectivity index (χ0) is 13.8. The summed E-state index contributed by atoms with van der Waals surface area (Å²) in [6.45, 7) is 6.78. The molecule has 0 aliphatic heterocycles. The molecule has 0 amide bonds. The fourth-order valence-electron chi connectivity index (χ4n) is 2.86. The van der Waals surface area contributed by atoms with Crippen molar-refractivity contribution < 1.29 is 0 Å². The van der Waals surface area contributed by atoms with Gasteiger partial charge in [0.2, 0.25) is 0 Å². The predicted octanol–water partition coefficient (Wildman–Crippen LogP) is 3.89. The second-order valence-electron chi connectivity index (χ2n) is 7.04. The molecule has 0 spiro atoms. The van der Waals surface area contributed by atoms with Crippen LogP contribution in [0.25, 0.3) is 10.9 Å². The molecule has 2 heteroatoms. The minimum Gasteiger partial charge on any atom is -0.350 e. The largest absolute Gasteiger partial charge is 0.350 e. The van der Waals surface area contributed by atoms with Crippen molar-refractivity contribution >= 4 is 10.9 Å². The van der Waals surface area contributed by atoms with Gasteiger partial charge in [-0.3, -0.25) is 0 Å². The highest BCUT2D eigenvalue weighted by atomic mass is 14.9. The van der Waals surface area contributed by atoms with Crippen molar-refractivity contribution in [3.8, 4) is 0 Å². The standard InChI is InChI=1S/C17H24N2/c1-17(2,3)12-7-8-15-13(9-12)14(10-19(15)4)16(18)11-5-6-11/h7-11,16H,5-6,18H2,1-4H3. The molecule has 1 aliphatic carbocycles. The summed E-state index contributed by atoms with van der Waals surface area (Å²) in [6.07, 6.45) is 4.80. The van der Waals surface area contributed by atoms with Gasteiger partial charge in [0.05, 0.1) is 0 Å². The molecule has 2 N–H and O–H groups in total. The zero-order valence-electron chi connectivity index (χ0n) is 12.4. The van der Waals surface area contributed by atoms with Crippen LogP contribution in [-0.4, -0.2) is 4.57 Å². The molecule has 2 nitrogen and oxygen atoms in total. The second-order valence-corrected chi connectivity index (χ2v) is 7.04. The lowest BCUT2D eigenvalue weighted by Crippen LogP contribution is -2.13. The summed E-state index contributed by atoms with van der Waals surface area (Å²) in [7, 11) is 2.11. The van der Waals surface area contributed by atoms with Gasteiger partial charge in [-0.15, -0.1) is 0 Å². The number of benzene rings is 1. The highest BCUT2D eigenvalue weighted by Gasteiger charge is 2.31. The molecule has 3 rings (SSSR count). The molecule has 1 heterocycles. The van der Waals surface area contributed by atoms with Gasteiger partial charge in [-0.2, -0.15) is 0 Å². The minimum absolute atomic E-state index is 0.185. The Balaban J connectivity index is 2.16. The summed E-state index contributed by atoms with van der Waals surface area (Å²) in [6, 6.07) is 7.03. The number of hydrogen-bond acceptors (Lipinski definition) is 1. The Bertz CT molecular complexity index is 612. The Hall–Kier alpha value is -1.28. The average Bonchev–Trinajstić information content (AvgIpc) is 3.13. The Morgan fingerprint density at radius 3 is 2.53 bits per heavy atom. The van der Waals surface area contributed by atoms with Gasteiger partial charge in [0.25, 0.3) is 0 Å². The van der Waals surface area contributed by atoms with Crippen molar-refractivity contribution in [2.75, 3.05) is 0 Å². The third-order valence-corrected chi connectivity index (χ3v) is 4.38.